The van der Waals surface area contributed by atoms with Gasteiger partial charge in [0.1, 0.15) is 0 Å². The first-order valence-electron chi connectivity index (χ1n) is 12.0. The number of morpholine rings is 1. The second kappa shape index (κ2) is 11.2. The van der Waals surface area contributed by atoms with E-state index in [2.05, 4.69) is 46.5 Å². The van der Waals surface area contributed by atoms with Gasteiger partial charge in [0, 0.05) is 36.1 Å². The van der Waals surface area contributed by atoms with Crippen LogP contribution in [0.1, 0.15) is 38.4 Å². The molecule has 0 unspecified atom stereocenters. The molecular weight excluding hydrogens is 456 g/mol. The number of nitrogens with one attached hydrogen (secondary N) is 1. The monoisotopic (exact) mass is 488 g/mol. The minimum Gasteiger partial charge on any atom is -0.465 e. The number of rotatable bonds is 7. The van der Waals surface area contributed by atoms with Crippen LogP contribution < -0.4 is 10.2 Å². The average molecular weight is 489 g/mol. The summed E-state index contributed by atoms with van der Waals surface area (Å²) in [4.78, 5) is 27.4. The minimum absolute atomic E-state index is 0.307. The Kier molecular flexibility index (Phi) is 7.85. The van der Waals surface area contributed by atoms with Crippen molar-refractivity contribution in [1.29, 1.82) is 0 Å². The van der Waals surface area contributed by atoms with Crippen LogP contribution in [0.4, 0.5) is 11.4 Å². The molecule has 3 aromatic rings. The van der Waals surface area contributed by atoms with E-state index in [1.54, 1.807) is 18.2 Å². The van der Waals surface area contributed by atoms with Crippen LogP contribution in [0.15, 0.2) is 48.5 Å². The number of benzene rings is 2. The van der Waals surface area contributed by atoms with Crippen molar-refractivity contribution >= 4 is 29.3 Å². The number of amides is 1. The molecule has 1 aromatic heterocycles. The lowest BCUT2D eigenvalue weighted by atomic mass is 10.1. The molecule has 1 fully saturated rings. The van der Waals surface area contributed by atoms with E-state index >= 15 is 0 Å². The van der Waals surface area contributed by atoms with E-state index in [4.69, 9.17) is 9.47 Å². The van der Waals surface area contributed by atoms with Crippen LogP contribution in [0.25, 0.3) is 6.08 Å². The fraction of sp³-hybridized carbons (Fsp3) is 0.321. The second-order valence-electron chi connectivity index (χ2n) is 8.87. The number of hydrogen-bond donors (Lipinski definition) is 1. The van der Waals surface area contributed by atoms with E-state index in [-0.39, 0.29) is 5.91 Å². The molecule has 2 heterocycles. The first kappa shape index (κ1) is 25.2. The van der Waals surface area contributed by atoms with Crippen LogP contribution in [0.2, 0.25) is 0 Å². The lowest BCUT2D eigenvalue weighted by molar-refractivity contribution is -0.111. The lowest BCUT2D eigenvalue weighted by Crippen LogP contribution is -2.36. The van der Waals surface area contributed by atoms with Gasteiger partial charge in [-0.25, -0.2) is 4.79 Å². The van der Waals surface area contributed by atoms with Gasteiger partial charge in [0.15, 0.2) is 0 Å². The van der Waals surface area contributed by atoms with Crippen molar-refractivity contribution in [2.75, 3.05) is 43.6 Å². The zero-order valence-electron chi connectivity index (χ0n) is 21.2. The van der Waals surface area contributed by atoms with Gasteiger partial charge in [0.25, 0.3) is 0 Å². The number of aromatic nitrogens is 2. The number of hydrogen-bond acceptors (Lipinski definition) is 6. The molecule has 0 saturated carbocycles. The Labute approximate surface area is 211 Å². The predicted molar refractivity (Wildman–Crippen MR) is 140 cm³/mol. The SMILES string of the molecule is COC(=O)c1cc(N2CCOCC2)ccc1NC(=O)/C=C/c1c(C)nn(Cc2ccc(C)cc2)c1C. The molecule has 0 aliphatic carbocycles. The fourth-order valence-corrected chi connectivity index (χ4v) is 4.24. The molecule has 4 rings (SSSR count). The van der Waals surface area contributed by atoms with Crippen LogP contribution in [-0.2, 0) is 20.8 Å². The molecular formula is C28H32N4O4. The van der Waals surface area contributed by atoms with E-state index in [0.29, 0.717) is 31.0 Å². The number of esters is 1. The summed E-state index contributed by atoms with van der Waals surface area (Å²) < 4.78 is 12.3. The van der Waals surface area contributed by atoms with Gasteiger partial charge in [0.2, 0.25) is 5.91 Å². The van der Waals surface area contributed by atoms with Gasteiger partial charge in [-0.15, -0.1) is 0 Å². The average Bonchev–Trinajstić information content (AvgIpc) is 3.16. The molecule has 1 N–H and O–H groups in total. The summed E-state index contributed by atoms with van der Waals surface area (Å²) in [5, 5.41) is 7.47. The summed E-state index contributed by atoms with van der Waals surface area (Å²) in [7, 11) is 1.33. The number of carbonyl (C=O) groups is 2. The highest BCUT2D eigenvalue weighted by molar-refractivity contribution is 6.07. The van der Waals surface area contributed by atoms with Gasteiger partial charge < -0.3 is 19.7 Å². The minimum atomic E-state index is -0.506. The number of anilines is 2. The molecule has 0 spiro atoms. The molecule has 0 bridgehead atoms. The van der Waals surface area contributed by atoms with Gasteiger partial charge in [-0.2, -0.15) is 5.10 Å². The topological polar surface area (TPSA) is 85.7 Å². The number of ether oxygens (including phenoxy) is 2. The predicted octanol–water partition coefficient (Wildman–Crippen LogP) is 4.13. The van der Waals surface area contributed by atoms with Crippen LogP contribution in [0.5, 0.6) is 0 Å². The summed E-state index contributed by atoms with van der Waals surface area (Å²) >= 11 is 0. The number of carbonyl (C=O) groups excluding carboxylic acids is 2. The van der Waals surface area contributed by atoms with Crippen molar-refractivity contribution in [3.8, 4) is 0 Å². The van der Waals surface area contributed by atoms with E-state index < -0.39 is 5.97 Å². The fourth-order valence-electron chi connectivity index (χ4n) is 4.24. The molecule has 0 atom stereocenters. The van der Waals surface area contributed by atoms with Gasteiger partial charge in [-0.3, -0.25) is 9.48 Å². The highest BCUT2D eigenvalue weighted by Crippen LogP contribution is 2.25. The Morgan fingerprint density at radius 2 is 1.81 bits per heavy atom. The molecule has 8 heteroatoms. The Balaban J connectivity index is 1.49. The highest BCUT2D eigenvalue weighted by atomic mass is 16.5. The third kappa shape index (κ3) is 5.83. The van der Waals surface area contributed by atoms with Gasteiger partial charge in [-0.1, -0.05) is 29.8 Å². The summed E-state index contributed by atoms with van der Waals surface area (Å²) in [6, 6.07) is 13.7. The third-order valence-corrected chi connectivity index (χ3v) is 6.33. The normalized spacial score (nSPS) is 13.7. The number of nitrogens with zero attached hydrogens (tertiary/aromatic N) is 3. The van der Waals surface area contributed by atoms with Crippen molar-refractivity contribution in [3.63, 3.8) is 0 Å². The zero-order valence-corrected chi connectivity index (χ0v) is 21.2. The summed E-state index contributed by atoms with van der Waals surface area (Å²) in [6.45, 7) is 9.39. The maximum atomic E-state index is 12.8. The van der Waals surface area contributed by atoms with E-state index in [0.717, 1.165) is 41.3 Å². The maximum Gasteiger partial charge on any atom is 0.340 e. The van der Waals surface area contributed by atoms with Crippen molar-refractivity contribution < 1.29 is 19.1 Å². The molecule has 0 radical (unpaired) electrons. The first-order valence-corrected chi connectivity index (χ1v) is 12.0. The molecule has 188 valence electrons. The Morgan fingerprint density at radius 1 is 1.08 bits per heavy atom. The maximum absolute atomic E-state index is 12.8. The Morgan fingerprint density at radius 3 is 2.50 bits per heavy atom. The van der Waals surface area contributed by atoms with Crippen molar-refractivity contribution in [2.45, 2.75) is 27.3 Å². The second-order valence-corrected chi connectivity index (χ2v) is 8.87. The summed E-state index contributed by atoms with van der Waals surface area (Å²) in [6.07, 6.45) is 3.22. The number of aryl methyl sites for hydroxylation is 2. The smallest absolute Gasteiger partial charge is 0.340 e. The van der Waals surface area contributed by atoms with Crippen LogP contribution in [0, 0.1) is 20.8 Å². The summed E-state index contributed by atoms with van der Waals surface area (Å²) in [5.41, 5.74) is 6.69. The molecule has 2 aromatic carbocycles. The van der Waals surface area contributed by atoms with Crippen molar-refractivity contribution in [2.24, 2.45) is 0 Å². The first-order chi connectivity index (χ1) is 17.4. The van der Waals surface area contributed by atoms with Crippen molar-refractivity contribution in [3.05, 3.63) is 82.2 Å². The Bertz CT molecular complexity index is 1270. The highest BCUT2D eigenvalue weighted by Gasteiger charge is 2.18. The molecule has 1 saturated heterocycles. The van der Waals surface area contributed by atoms with E-state index in [1.165, 1.54) is 18.7 Å². The largest absolute Gasteiger partial charge is 0.465 e. The molecule has 1 aliphatic rings. The van der Waals surface area contributed by atoms with Crippen LogP contribution in [0.3, 0.4) is 0 Å². The van der Waals surface area contributed by atoms with Crippen LogP contribution >= 0.6 is 0 Å². The number of methoxy groups -OCH3 is 1. The third-order valence-electron chi connectivity index (χ3n) is 6.33. The van der Waals surface area contributed by atoms with E-state index in [9.17, 15) is 9.59 Å². The lowest BCUT2D eigenvalue weighted by Gasteiger charge is -2.29. The Hall–Kier alpha value is -3.91. The molecule has 36 heavy (non-hydrogen) atoms. The van der Waals surface area contributed by atoms with Gasteiger partial charge in [-0.05, 0) is 50.6 Å². The van der Waals surface area contributed by atoms with Crippen LogP contribution in [-0.4, -0.2) is 55.1 Å². The standard InChI is InChI=1S/C28H32N4O4/c1-19-5-7-22(8-6-19)18-32-21(3)24(20(2)30-32)10-12-27(33)29-26-11-9-23(17-25(26)28(34)35-4)31-13-15-36-16-14-31/h5-12,17H,13-16,18H2,1-4H3,(H,29,33)/b12-10+. The van der Waals surface area contributed by atoms with Gasteiger partial charge in [0.05, 0.1) is 43.8 Å². The quantitative estimate of drug-likeness (QED) is 0.398. The zero-order chi connectivity index (χ0) is 25.7. The molecule has 8 nitrogen and oxygen atoms in total. The van der Waals surface area contributed by atoms with E-state index in [1.807, 2.05) is 24.6 Å². The van der Waals surface area contributed by atoms with Gasteiger partial charge >= 0.3 is 5.97 Å². The summed E-state index contributed by atoms with van der Waals surface area (Å²) in [5.74, 6) is -0.849. The van der Waals surface area contributed by atoms with Crippen molar-refractivity contribution in [1.82, 2.24) is 9.78 Å². The molecule has 1 amide bonds. The molecule has 1 aliphatic heterocycles.